The first kappa shape index (κ1) is 57.6. The van der Waals surface area contributed by atoms with Gasteiger partial charge in [0.2, 0.25) is 0 Å². The molecule has 0 fully saturated rings. The van der Waals surface area contributed by atoms with Gasteiger partial charge in [-0.1, -0.05) is 233 Å². The fraction of sp³-hybridized carbons (Fsp3) is 0.933. The van der Waals surface area contributed by atoms with Crippen LogP contribution in [0, 0.1) is 0 Å². The number of hydrogen-bond donors (Lipinski definition) is 0. The molecular formula is C45H87FeO6. The van der Waals surface area contributed by atoms with E-state index in [2.05, 4.69) is 20.8 Å². The number of carboxylic acid groups (broad SMARTS) is 3. The number of unbranched alkanes of at least 4 members (excludes halogenated alkanes) is 33. The Labute approximate surface area is 334 Å². The number of carbonyl (C=O) groups excluding carboxylic acids is 3. The Morgan fingerprint density at radius 3 is 0.481 bits per heavy atom. The molecular weight excluding hydrogens is 692 g/mol. The maximum atomic E-state index is 10.2. The van der Waals surface area contributed by atoms with Crippen LogP contribution < -0.4 is 15.3 Å². The van der Waals surface area contributed by atoms with Gasteiger partial charge in [-0.2, -0.15) is 0 Å². The van der Waals surface area contributed by atoms with Crippen molar-refractivity contribution < 1.29 is 46.8 Å². The fourth-order valence-electron chi connectivity index (χ4n) is 6.33. The average molecular weight is 780 g/mol. The molecule has 0 saturated heterocycles. The van der Waals surface area contributed by atoms with Crippen LogP contribution in [0.2, 0.25) is 0 Å². The third-order valence-corrected chi connectivity index (χ3v) is 9.70. The fourth-order valence-corrected chi connectivity index (χ4v) is 6.33. The van der Waals surface area contributed by atoms with Gasteiger partial charge in [0.05, 0.1) is 0 Å². The maximum Gasteiger partial charge on any atom is 3.00 e. The van der Waals surface area contributed by atoms with Crippen molar-refractivity contribution in [3.05, 3.63) is 0 Å². The third kappa shape index (κ3) is 67.1. The molecule has 0 saturated carbocycles. The van der Waals surface area contributed by atoms with E-state index in [9.17, 15) is 29.7 Å². The summed E-state index contributed by atoms with van der Waals surface area (Å²) < 4.78 is 0. The zero-order valence-corrected chi connectivity index (χ0v) is 36.0. The molecule has 0 atom stereocenters. The molecule has 0 unspecified atom stereocenters. The Morgan fingerprint density at radius 1 is 0.250 bits per heavy atom. The Kier molecular flexibility index (Phi) is 60.2. The van der Waals surface area contributed by atoms with E-state index in [4.69, 9.17) is 0 Å². The van der Waals surface area contributed by atoms with Gasteiger partial charge >= 0.3 is 17.1 Å². The van der Waals surface area contributed by atoms with Crippen molar-refractivity contribution >= 4 is 17.9 Å². The second-order valence-electron chi connectivity index (χ2n) is 15.0. The molecule has 1 radical (unpaired) electrons. The first-order valence-electron chi connectivity index (χ1n) is 22.4. The van der Waals surface area contributed by atoms with Gasteiger partial charge in [-0.05, 0) is 38.5 Å². The van der Waals surface area contributed by atoms with Gasteiger partial charge in [0.25, 0.3) is 0 Å². The van der Waals surface area contributed by atoms with Crippen LogP contribution in [0.4, 0.5) is 0 Å². The molecule has 0 aliphatic heterocycles. The van der Waals surface area contributed by atoms with Gasteiger partial charge in [0, 0.05) is 17.9 Å². The molecule has 0 amide bonds. The van der Waals surface area contributed by atoms with Crippen molar-refractivity contribution in [1.29, 1.82) is 0 Å². The van der Waals surface area contributed by atoms with Crippen molar-refractivity contribution in [1.82, 2.24) is 0 Å². The van der Waals surface area contributed by atoms with Crippen LogP contribution in [-0.4, -0.2) is 17.9 Å². The minimum Gasteiger partial charge on any atom is -0.550 e. The quantitative estimate of drug-likeness (QED) is 0.0452. The number of rotatable bonds is 39. The summed E-state index contributed by atoms with van der Waals surface area (Å²) >= 11 is 0. The van der Waals surface area contributed by atoms with Crippen LogP contribution in [0.1, 0.15) is 271 Å². The van der Waals surface area contributed by atoms with Crippen LogP contribution in [0.15, 0.2) is 0 Å². The van der Waals surface area contributed by atoms with Crippen molar-refractivity contribution in [2.45, 2.75) is 271 Å². The van der Waals surface area contributed by atoms with E-state index in [1.807, 2.05) is 0 Å². The predicted molar refractivity (Wildman–Crippen MR) is 212 cm³/mol. The first-order valence-corrected chi connectivity index (χ1v) is 22.4. The van der Waals surface area contributed by atoms with Crippen molar-refractivity contribution in [3.8, 4) is 0 Å². The first-order chi connectivity index (χ1) is 24.8. The normalized spacial score (nSPS) is 10.4. The number of hydrogen-bond acceptors (Lipinski definition) is 6. The van der Waals surface area contributed by atoms with E-state index in [0.29, 0.717) is 0 Å². The Bertz CT molecular complexity index is 596. The van der Waals surface area contributed by atoms with Gasteiger partial charge in [-0.15, -0.1) is 0 Å². The number of carboxylic acids is 3. The molecule has 0 aromatic carbocycles. The topological polar surface area (TPSA) is 120 Å². The van der Waals surface area contributed by atoms with Gasteiger partial charge in [0.1, 0.15) is 0 Å². The molecule has 52 heavy (non-hydrogen) atoms. The van der Waals surface area contributed by atoms with Gasteiger partial charge in [0.15, 0.2) is 0 Å². The van der Waals surface area contributed by atoms with E-state index < -0.39 is 17.9 Å². The summed E-state index contributed by atoms with van der Waals surface area (Å²) in [5, 5.41) is 30.5. The SMILES string of the molecule is CCCCCCCCCCCCCCC(=O)[O-].CCCCCCCCCCCCCCC(=O)[O-].CCCCCCCCCCCCCCC(=O)[O-].[Fe+3]. The van der Waals surface area contributed by atoms with Gasteiger partial charge in [-0.3, -0.25) is 0 Å². The second kappa shape index (κ2) is 54.3. The average Bonchev–Trinajstić information content (AvgIpc) is 3.10. The molecule has 311 valence electrons. The standard InChI is InChI=1S/3C15H30O2.Fe/c3*1-2-3-4-5-6-7-8-9-10-11-12-13-14-15(16)17;/h3*2-14H2,1H3,(H,16,17);/q;;;+3/p-3. The second-order valence-corrected chi connectivity index (χ2v) is 15.0. The van der Waals surface area contributed by atoms with Gasteiger partial charge < -0.3 is 29.7 Å². The largest absolute Gasteiger partial charge is 3.00 e. The summed E-state index contributed by atoms with van der Waals surface area (Å²) in [6, 6.07) is 0. The number of carbonyl (C=O) groups is 3. The molecule has 0 bridgehead atoms. The molecule has 0 aromatic rings. The van der Waals surface area contributed by atoms with Crippen molar-refractivity contribution in [2.75, 3.05) is 0 Å². The summed E-state index contributed by atoms with van der Waals surface area (Å²) in [6.07, 6.45) is 46.4. The van der Waals surface area contributed by atoms with Gasteiger partial charge in [-0.25, -0.2) is 0 Å². The third-order valence-electron chi connectivity index (χ3n) is 9.70. The maximum absolute atomic E-state index is 10.2. The number of aliphatic carboxylic acids is 3. The summed E-state index contributed by atoms with van der Waals surface area (Å²) in [5.41, 5.74) is 0. The molecule has 0 aromatic heterocycles. The minimum absolute atomic E-state index is 0. The zero-order chi connectivity index (χ0) is 38.3. The Balaban J connectivity index is -0.000000329. The van der Waals surface area contributed by atoms with Crippen molar-refractivity contribution in [2.24, 2.45) is 0 Å². The van der Waals surface area contributed by atoms with Crippen LogP contribution in [-0.2, 0) is 31.5 Å². The zero-order valence-electron chi connectivity index (χ0n) is 34.9. The summed E-state index contributed by atoms with van der Waals surface area (Å²) in [6.45, 7) is 6.75. The summed E-state index contributed by atoms with van der Waals surface area (Å²) in [4.78, 5) is 30.5. The van der Waals surface area contributed by atoms with Crippen LogP contribution >= 0.6 is 0 Å². The molecule has 0 spiro atoms. The van der Waals surface area contributed by atoms with E-state index >= 15 is 0 Å². The minimum atomic E-state index is -0.905. The van der Waals surface area contributed by atoms with E-state index in [-0.39, 0.29) is 36.3 Å². The molecule has 0 aliphatic rings. The van der Waals surface area contributed by atoms with Crippen LogP contribution in [0.3, 0.4) is 0 Å². The molecule has 0 heterocycles. The molecule has 7 heteroatoms. The van der Waals surface area contributed by atoms with E-state index in [1.54, 1.807) is 0 Å². The molecule has 6 nitrogen and oxygen atoms in total. The Hall–Kier alpha value is -1.07. The van der Waals surface area contributed by atoms with Crippen LogP contribution in [0.5, 0.6) is 0 Å². The summed E-state index contributed by atoms with van der Waals surface area (Å²) in [7, 11) is 0. The van der Waals surface area contributed by atoms with E-state index in [1.165, 1.54) is 193 Å². The smallest absolute Gasteiger partial charge is 0.550 e. The van der Waals surface area contributed by atoms with Crippen LogP contribution in [0.25, 0.3) is 0 Å². The summed E-state index contributed by atoms with van der Waals surface area (Å²) in [5.74, 6) is -2.72. The van der Waals surface area contributed by atoms with Crippen molar-refractivity contribution in [3.63, 3.8) is 0 Å². The molecule has 0 N–H and O–H groups in total. The predicted octanol–water partition coefficient (Wildman–Crippen LogP) is 11.5. The molecule has 0 rings (SSSR count). The monoisotopic (exact) mass is 780 g/mol. The molecule has 0 aliphatic carbocycles. The Morgan fingerprint density at radius 2 is 0.365 bits per heavy atom. The van der Waals surface area contributed by atoms with E-state index in [0.717, 1.165) is 38.5 Å².